The molecule has 2 aliphatic rings. The molecule has 0 bridgehead atoms. The Labute approximate surface area is 189 Å². The molecule has 1 unspecified atom stereocenters. The molecular weight excluding hydrogens is 408 g/mol. The highest BCUT2D eigenvalue weighted by molar-refractivity contribution is 5.53. The van der Waals surface area contributed by atoms with Gasteiger partial charge in [-0.3, -0.25) is 4.90 Å². The summed E-state index contributed by atoms with van der Waals surface area (Å²) in [5.41, 5.74) is 11.5. The zero-order valence-corrected chi connectivity index (χ0v) is 18.6. The minimum Gasteiger partial charge on any atom is -0.476 e. The number of pyridine rings is 1. The normalized spacial score (nSPS) is 18.2. The lowest BCUT2D eigenvalue weighted by Gasteiger charge is -2.30. The highest BCUT2D eigenvalue weighted by Gasteiger charge is 2.21. The van der Waals surface area contributed by atoms with E-state index in [1.807, 2.05) is 43.4 Å². The van der Waals surface area contributed by atoms with Crippen molar-refractivity contribution >= 4 is 11.4 Å². The third kappa shape index (κ3) is 5.73. The molecule has 0 spiro atoms. The maximum absolute atomic E-state index is 7.89. The van der Waals surface area contributed by atoms with Gasteiger partial charge in [0.1, 0.15) is 12.6 Å². The Hall–Kier alpha value is -2.75. The van der Waals surface area contributed by atoms with Gasteiger partial charge in [0.05, 0.1) is 32.1 Å². The molecule has 4 rings (SSSR count). The zero-order chi connectivity index (χ0) is 22.2. The Morgan fingerprint density at radius 1 is 1.09 bits per heavy atom. The third-order valence-corrected chi connectivity index (χ3v) is 5.84. The molecule has 2 aliphatic heterocycles. The second-order valence-electron chi connectivity index (χ2n) is 7.90. The quantitative estimate of drug-likeness (QED) is 0.579. The average molecular weight is 441 g/mol. The first-order valence-electron chi connectivity index (χ1n) is 11.2. The fourth-order valence-electron chi connectivity index (χ4n) is 4.01. The van der Waals surface area contributed by atoms with Crippen molar-refractivity contribution in [2.45, 2.75) is 6.04 Å². The SMILES string of the molecule is CNc1cccc(C(N=N)c2cc(N3CCOCC3)cc(OCCN3CCOCC3)n2)c1. The lowest BCUT2D eigenvalue weighted by Crippen LogP contribution is -2.38. The number of hydrogen-bond acceptors (Lipinski definition) is 9. The van der Waals surface area contributed by atoms with Crippen LogP contribution in [0.15, 0.2) is 41.5 Å². The molecule has 2 saturated heterocycles. The molecule has 9 heteroatoms. The van der Waals surface area contributed by atoms with Crippen LogP contribution in [0.5, 0.6) is 5.88 Å². The molecule has 1 aromatic carbocycles. The molecule has 2 aromatic rings. The molecular formula is C23H32N6O3. The number of rotatable bonds is 9. The Morgan fingerprint density at radius 3 is 2.56 bits per heavy atom. The molecule has 2 N–H and O–H groups in total. The molecule has 0 aliphatic carbocycles. The van der Waals surface area contributed by atoms with Crippen molar-refractivity contribution in [1.29, 1.82) is 5.53 Å². The van der Waals surface area contributed by atoms with Gasteiger partial charge in [-0.15, -0.1) is 0 Å². The fourth-order valence-corrected chi connectivity index (χ4v) is 4.01. The summed E-state index contributed by atoms with van der Waals surface area (Å²) in [4.78, 5) is 9.36. The summed E-state index contributed by atoms with van der Waals surface area (Å²) in [5.74, 6) is 0.565. The van der Waals surface area contributed by atoms with Crippen molar-refractivity contribution in [1.82, 2.24) is 9.88 Å². The standard InChI is InChI=1S/C23H32N6O3/c1-25-19-4-2-3-18(15-19)23(27-24)21-16-20(29-8-12-31-13-9-29)17-22(26-21)32-14-7-28-5-10-30-11-6-28/h2-4,15-17,23-25H,5-14H2,1H3. The van der Waals surface area contributed by atoms with Crippen LogP contribution in [0.25, 0.3) is 0 Å². The monoisotopic (exact) mass is 440 g/mol. The zero-order valence-electron chi connectivity index (χ0n) is 18.6. The summed E-state index contributed by atoms with van der Waals surface area (Å²) >= 11 is 0. The summed E-state index contributed by atoms with van der Waals surface area (Å²) in [5, 5.41) is 7.07. The minimum atomic E-state index is -0.495. The van der Waals surface area contributed by atoms with Gasteiger partial charge < -0.3 is 24.4 Å². The number of anilines is 2. The second-order valence-corrected chi connectivity index (χ2v) is 7.90. The van der Waals surface area contributed by atoms with Gasteiger partial charge in [-0.2, -0.15) is 5.11 Å². The van der Waals surface area contributed by atoms with E-state index in [0.29, 0.717) is 31.4 Å². The van der Waals surface area contributed by atoms with Gasteiger partial charge in [0, 0.05) is 57.2 Å². The van der Waals surface area contributed by atoms with Crippen LogP contribution in [0.1, 0.15) is 17.3 Å². The van der Waals surface area contributed by atoms with E-state index in [1.165, 1.54) is 0 Å². The summed E-state index contributed by atoms with van der Waals surface area (Å²) < 4.78 is 17.0. The number of ether oxygens (including phenoxy) is 3. The van der Waals surface area contributed by atoms with Gasteiger partial charge in [-0.1, -0.05) is 12.1 Å². The van der Waals surface area contributed by atoms with Gasteiger partial charge in [0.2, 0.25) is 5.88 Å². The lowest BCUT2D eigenvalue weighted by molar-refractivity contribution is 0.0320. The van der Waals surface area contributed by atoms with E-state index in [-0.39, 0.29) is 0 Å². The lowest BCUT2D eigenvalue weighted by atomic mass is 10.0. The van der Waals surface area contributed by atoms with Gasteiger partial charge in [-0.25, -0.2) is 10.5 Å². The summed E-state index contributed by atoms with van der Waals surface area (Å²) in [6, 6.07) is 11.4. The first kappa shape index (κ1) is 22.4. The average Bonchev–Trinajstić information content (AvgIpc) is 2.86. The van der Waals surface area contributed by atoms with Crippen LogP contribution in [0.4, 0.5) is 11.4 Å². The number of benzene rings is 1. The van der Waals surface area contributed by atoms with Crippen LogP contribution in [0, 0.1) is 5.53 Å². The molecule has 0 saturated carbocycles. The van der Waals surface area contributed by atoms with E-state index < -0.39 is 6.04 Å². The highest BCUT2D eigenvalue weighted by Crippen LogP contribution is 2.31. The van der Waals surface area contributed by atoms with Crippen LogP contribution < -0.4 is 15.0 Å². The predicted molar refractivity (Wildman–Crippen MR) is 123 cm³/mol. The first-order chi connectivity index (χ1) is 15.8. The molecule has 2 fully saturated rings. The maximum atomic E-state index is 7.89. The number of morpholine rings is 2. The molecule has 9 nitrogen and oxygen atoms in total. The largest absolute Gasteiger partial charge is 0.476 e. The van der Waals surface area contributed by atoms with Crippen molar-refractivity contribution in [3.05, 3.63) is 47.7 Å². The third-order valence-electron chi connectivity index (χ3n) is 5.84. The molecule has 172 valence electrons. The van der Waals surface area contributed by atoms with E-state index >= 15 is 0 Å². The van der Waals surface area contributed by atoms with E-state index in [2.05, 4.69) is 20.2 Å². The Balaban J connectivity index is 1.57. The van der Waals surface area contributed by atoms with Crippen LogP contribution >= 0.6 is 0 Å². The molecule has 32 heavy (non-hydrogen) atoms. The number of nitrogens with zero attached hydrogens (tertiary/aromatic N) is 4. The summed E-state index contributed by atoms with van der Waals surface area (Å²) in [6.07, 6.45) is 0. The second kappa shape index (κ2) is 11.2. The summed E-state index contributed by atoms with van der Waals surface area (Å²) in [7, 11) is 1.88. The van der Waals surface area contributed by atoms with Crippen molar-refractivity contribution in [3.63, 3.8) is 0 Å². The van der Waals surface area contributed by atoms with Crippen LogP contribution in [-0.2, 0) is 9.47 Å². The van der Waals surface area contributed by atoms with Gasteiger partial charge in [-0.05, 0) is 23.8 Å². The van der Waals surface area contributed by atoms with Crippen molar-refractivity contribution < 1.29 is 14.2 Å². The van der Waals surface area contributed by atoms with Crippen LogP contribution in [-0.4, -0.2) is 82.7 Å². The van der Waals surface area contributed by atoms with E-state index in [9.17, 15) is 0 Å². The first-order valence-corrected chi connectivity index (χ1v) is 11.2. The van der Waals surface area contributed by atoms with Gasteiger partial charge >= 0.3 is 0 Å². The topological polar surface area (TPSA) is 95.3 Å². The fraction of sp³-hybridized carbons (Fsp3) is 0.522. The van der Waals surface area contributed by atoms with Crippen molar-refractivity contribution in [2.75, 3.05) is 83.0 Å². The Kier molecular flexibility index (Phi) is 7.87. The summed E-state index contributed by atoms with van der Waals surface area (Å²) in [6.45, 7) is 7.80. The molecule has 3 heterocycles. The number of nitrogens with one attached hydrogen (secondary N) is 2. The molecule has 1 aromatic heterocycles. The van der Waals surface area contributed by atoms with Crippen molar-refractivity contribution in [2.24, 2.45) is 5.11 Å². The Bertz CT molecular complexity index is 884. The van der Waals surface area contributed by atoms with Gasteiger partial charge in [0.15, 0.2) is 0 Å². The number of hydrogen-bond donors (Lipinski definition) is 2. The maximum Gasteiger partial charge on any atom is 0.215 e. The van der Waals surface area contributed by atoms with E-state index in [0.717, 1.165) is 62.9 Å². The molecule has 1 atom stereocenters. The van der Waals surface area contributed by atoms with E-state index in [1.54, 1.807) is 0 Å². The van der Waals surface area contributed by atoms with Gasteiger partial charge in [0.25, 0.3) is 0 Å². The van der Waals surface area contributed by atoms with Crippen LogP contribution in [0.2, 0.25) is 0 Å². The highest BCUT2D eigenvalue weighted by atomic mass is 16.5. The predicted octanol–water partition coefficient (Wildman–Crippen LogP) is 2.79. The van der Waals surface area contributed by atoms with Crippen LogP contribution in [0.3, 0.4) is 0 Å². The molecule has 0 radical (unpaired) electrons. The number of aromatic nitrogens is 1. The smallest absolute Gasteiger partial charge is 0.215 e. The molecule has 0 amide bonds. The Morgan fingerprint density at radius 2 is 1.84 bits per heavy atom. The van der Waals surface area contributed by atoms with Crippen molar-refractivity contribution in [3.8, 4) is 5.88 Å². The van der Waals surface area contributed by atoms with E-state index in [4.69, 9.17) is 24.7 Å². The minimum absolute atomic E-state index is 0.495.